The number of benzene rings is 1. The first-order valence-corrected chi connectivity index (χ1v) is 3.05. The molecule has 3 heteroatoms. The van der Waals surface area contributed by atoms with Gasteiger partial charge in [0.25, 0.3) is 0 Å². The fourth-order valence-electron chi connectivity index (χ4n) is 0.770. The summed E-state index contributed by atoms with van der Waals surface area (Å²) in [5.74, 6) is -0.786. The van der Waals surface area contributed by atoms with Crippen LogP contribution < -0.4 is 0 Å². The van der Waals surface area contributed by atoms with Crippen LogP contribution in [0.15, 0.2) is 30.3 Å². The molecule has 0 aromatic heterocycles. The van der Waals surface area contributed by atoms with Gasteiger partial charge in [0.2, 0.25) is 0 Å². The second-order valence-electron chi connectivity index (χ2n) is 2.06. The monoisotopic (exact) mass is 294 g/mol. The topological polar surface area (TPSA) is 37.3 Å². The summed E-state index contributed by atoms with van der Waals surface area (Å²) in [7, 11) is 0. The number of rotatable bonds is 2. The Labute approximate surface area is 97.3 Å². The minimum absolute atomic E-state index is 0. The van der Waals surface area contributed by atoms with Gasteiger partial charge in [-0.05, 0) is 5.56 Å². The average molecular weight is 293 g/mol. The van der Waals surface area contributed by atoms with Crippen LogP contribution >= 0.6 is 0 Å². The molecule has 0 aliphatic rings. The number of hydrogen-bond donors (Lipinski definition) is 1. The predicted octanol–water partition coefficient (Wildman–Crippen LogP) is 1.31. The van der Waals surface area contributed by atoms with Crippen molar-refractivity contribution in [3.63, 3.8) is 0 Å². The van der Waals surface area contributed by atoms with Gasteiger partial charge in [-0.25, -0.2) is 0 Å². The molecule has 0 saturated heterocycles. The summed E-state index contributed by atoms with van der Waals surface area (Å²) < 4.78 is 0. The van der Waals surface area contributed by atoms with Gasteiger partial charge in [0.1, 0.15) is 0 Å². The van der Waals surface area contributed by atoms with Crippen LogP contribution in [0.5, 0.6) is 0 Å². The summed E-state index contributed by atoms with van der Waals surface area (Å²) in [6.45, 7) is 0. The van der Waals surface area contributed by atoms with Crippen molar-refractivity contribution in [2.45, 2.75) is 6.42 Å². The zero-order chi connectivity index (χ0) is 7.40. The average Bonchev–Trinajstić information content (AvgIpc) is 1.88. The molecule has 0 heterocycles. The number of carboxylic acid groups (broad SMARTS) is 1. The maximum absolute atomic E-state index is 10.2. The van der Waals surface area contributed by atoms with E-state index < -0.39 is 5.97 Å². The molecular formula is C8H8GdO2. The first kappa shape index (κ1) is 11.0. The maximum Gasteiger partial charge on any atom is 0.307 e. The third-order valence-electron chi connectivity index (χ3n) is 1.20. The van der Waals surface area contributed by atoms with Gasteiger partial charge in [-0.1, -0.05) is 30.3 Å². The largest absolute Gasteiger partial charge is 0.481 e. The van der Waals surface area contributed by atoms with E-state index in [0.717, 1.165) is 5.56 Å². The standard InChI is InChI=1S/C8H8O2.Gd/c9-8(10)6-7-4-2-1-3-5-7;/h1-5H,6H2,(H,9,10);. The normalized spacial score (nSPS) is 8.36. The Morgan fingerprint density at radius 2 is 1.82 bits per heavy atom. The van der Waals surface area contributed by atoms with Crippen LogP contribution in [0.3, 0.4) is 0 Å². The molecule has 0 fully saturated rings. The molecule has 60 valence electrons. The third-order valence-corrected chi connectivity index (χ3v) is 1.20. The summed E-state index contributed by atoms with van der Waals surface area (Å²) >= 11 is 0. The van der Waals surface area contributed by atoms with Crippen LogP contribution in [0.4, 0.5) is 0 Å². The predicted molar refractivity (Wildman–Crippen MR) is 37.8 cm³/mol. The first-order chi connectivity index (χ1) is 4.79. The van der Waals surface area contributed by atoms with E-state index in [2.05, 4.69) is 0 Å². The molecule has 0 unspecified atom stereocenters. The Kier molecular flexibility index (Phi) is 5.65. The molecule has 0 aliphatic heterocycles. The second kappa shape index (κ2) is 5.64. The summed E-state index contributed by atoms with van der Waals surface area (Å²) in [4.78, 5) is 10.2. The van der Waals surface area contributed by atoms with E-state index in [1.807, 2.05) is 18.2 Å². The summed E-state index contributed by atoms with van der Waals surface area (Å²) in [6, 6.07) is 9.13. The van der Waals surface area contributed by atoms with Crippen LogP contribution in [-0.2, 0) is 11.2 Å². The third kappa shape index (κ3) is 4.46. The summed E-state index contributed by atoms with van der Waals surface area (Å²) in [5, 5.41) is 8.37. The van der Waals surface area contributed by atoms with Crippen molar-refractivity contribution in [1.29, 1.82) is 0 Å². The maximum atomic E-state index is 10.2. The van der Waals surface area contributed by atoms with Gasteiger partial charge in [0.15, 0.2) is 0 Å². The van der Waals surface area contributed by atoms with Crippen LogP contribution in [-0.4, -0.2) is 11.1 Å². The van der Waals surface area contributed by atoms with Gasteiger partial charge in [0, 0.05) is 39.9 Å². The Hall–Kier alpha value is 0.0147. The van der Waals surface area contributed by atoms with Crippen LogP contribution in [0.1, 0.15) is 5.56 Å². The molecule has 0 saturated carbocycles. The van der Waals surface area contributed by atoms with Gasteiger partial charge in [-0.15, -0.1) is 0 Å². The molecule has 1 aromatic rings. The molecule has 1 N–H and O–H groups in total. The van der Waals surface area contributed by atoms with Gasteiger partial charge in [-0.3, -0.25) is 4.79 Å². The van der Waals surface area contributed by atoms with Crippen LogP contribution in [0.25, 0.3) is 0 Å². The van der Waals surface area contributed by atoms with E-state index in [1.165, 1.54) is 0 Å². The molecule has 0 aliphatic carbocycles. The summed E-state index contributed by atoms with van der Waals surface area (Å²) in [6.07, 6.45) is 0.112. The van der Waals surface area contributed by atoms with Crippen molar-refractivity contribution in [2.24, 2.45) is 0 Å². The van der Waals surface area contributed by atoms with Crippen LogP contribution in [0, 0.1) is 39.9 Å². The number of carbonyl (C=O) groups is 1. The van der Waals surface area contributed by atoms with E-state index in [9.17, 15) is 4.79 Å². The van der Waals surface area contributed by atoms with Crippen molar-refractivity contribution in [2.75, 3.05) is 0 Å². The zero-order valence-electron chi connectivity index (χ0n) is 5.80. The van der Waals surface area contributed by atoms with Gasteiger partial charge in [0.05, 0.1) is 6.42 Å². The van der Waals surface area contributed by atoms with Crippen molar-refractivity contribution < 1.29 is 49.8 Å². The molecule has 1 aromatic carbocycles. The Balaban J connectivity index is 0.000001000. The van der Waals surface area contributed by atoms with E-state index in [0.29, 0.717) is 0 Å². The first-order valence-electron chi connectivity index (χ1n) is 3.05. The van der Waals surface area contributed by atoms with E-state index in [1.54, 1.807) is 12.1 Å². The molecule has 1 rings (SSSR count). The Morgan fingerprint density at radius 1 is 1.27 bits per heavy atom. The van der Waals surface area contributed by atoms with Gasteiger partial charge < -0.3 is 5.11 Å². The molecular weight excluding hydrogens is 285 g/mol. The number of carboxylic acids is 1. The molecule has 0 amide bonds. The van der Waals surface area contributed by atoms with E-state index in [4.69, 9.17) is 5.11 Å². The molecule has 0 spiro atoms. The fraction of sp³-hybridized carbons (Fsp3) is 0.125. The van der Waals surface area contributed by atoms with Crippen molar-refractivity contribution in [3.05, 3.63) is 35.9 Å². The molecule has 0 atom stereocenters. The minimum atomic E-state index is -0.786. The smallest absolute Gasteiger partial charge is 0.307 e. The van der Waals surface area contributed by atoms with Crippen LogP contribution in [0.2, 0.25) is 0 Å². The Morgan fingerprint density at radius 3 is 2.27 bits per heavy atom. The zero-order valence-corrected chi connectivity index (χ0v) is 8.07. The van der Waals surface area contributed by atoms with Gasteiger partial charge >= 0.3 is 5.97 Å². The minimum Gasteiger partial charge on any atom is -0.481 e. The second-order valence-corrected chi connectivity index (χ2v) is 2.06. The number of hydrogen-bond acceptors (Lipinski definition) is 1. The number of aliphatic carboxylic acids is 1. The Bertz CT molecular complexity index is 221. The van der Waals surface area contributed by atoms with E-state index >= 15 is 0 Å². The quantitative estimate of drug-likeness (QED) is 0.893. The fourth-order valence-corrected chi connectivity index (χ4v) is 0.770. The van der Waals surface area contributed by atoms with E-state index in [-0.39, 0.29) is 46.4 Å². The van der Waals surface area contributed by atoms with Crippen molar-refractivity contribution in [3.8, 4) is 0 Å². The van der Waals surface area contributed by atoms with Crippen molar-refractivity contribution >= 4 is 5.97 Å². The van der Waals surface area contributed by atoms with Crippen molar-refractivity contribution in [1.82, 2.24) is 0 Å². The molecule has 11 heavy (non-hydrogen) atoms. The molecule has 0 radical (unpaired) electrons. The van der Waals surface area contributed by atoms with Gasteiger partial charge in [-0.2, -0.15) is 0 Å². The summed E-state index contributed by atoms with van der Waals surface area (Å²) in [5.41, 5.74) is 0.843. The molecule has 2 nitrogen and oxygen atoms in total. The molecule has 0 bridgehead atoms. The SMILES string of the molecule is O=C(O)Cc1ccccc1.[Gd].